The molecule has 0 aliphatic carbocycles. The van der Waals surface area contributed by atoms with E-state index in [1.165, 1.54) is 69.9 Å². The minimum atomic E-state index is -4.24. The van der Waals surface area contributed by atoms with Gasteiger partial charge in [-0.15, -0.1) is 0 Å². The van der Waals surface area contributed by atoms with Crippen molar-refractivity contribution < 1.29 is 27.0 Å². The monoisotopic (exact) mass is 586 g/mol. The van der Waals surface area contributed by atoms with E-state index in [-0.39, 0.29) is 11.5 Å². The summed E-state index contributed by atoms with van der Waals surface area (Å²) < 4.78 is 70.2. The van der Waals surface area contributed by atoms with Crippen molar-refractivity contribution in [3.8, 4) is 17.2 Å². The first-order valence-corrected chi connectivity index (χ1v) is 15.7. The summed E-state index contributed by atoms with van der Waals surface area (Å²) in [6.45, 7) is 4.38. The van der Waals surface area contributed by atoms with Crippen molar-refractivity contribution in [3.05, 3.63) is 89.0 Å². The van der Waals surface area contributed by atoms with E-state index in [0.717, 1.165) is 61.8 Å². The smallest absolute Gasteiger partial charge is 0.432 e. The Kier molecular flexibility index (Phi) is 14.2. The van der Waals surface area contributed by atoms with Gasteiger partial charge in [-0.1, -0.05) is 109 Å². The molecule has 0 atom stereocenters. The third-order valence-electron chi connectivity index (χ3n) is 7.56. The molecular formula is C36H46F4O2. The lowest BCUT2D eigenvalue weighted by Gasteiger charge is -2.20. The van der Waals surface area contributed by atoms with Crippen LogP contribution in [0, 0.1) is 11.6 Å². The first kappa shape index (κ1) is 33.5. The first-order valence-electron chi connectivity index (χ1n) is 15.7. The van der Waals surface area contributed by atoms with Crippen molar-refractivity contribution >= 4 is 0 Å². The minimum Gasteiger partial charge on any atom is -0.454 e. The van der Waals surface area contributed by atoms with Gasteiger partial charge in [0, 0.05) is 0 Å². The van der Waals surface area contributed by atoms with Crippen molar-refractivity contribution in [2.24, 2.45) is 0 Å². The van der Waals surface area contributed by atoms with Gasteiger partial charge in [-0.05, 0) is 73.2 Å². The van der Waals surface area contributed by atoms with Crippen LogP contribution in [0.15, 0.2) is 60.7 Å². The van der Waals surface area contributed by atoms with E-state index in [1.807, 2.05) is 12.1 Å². The van der Waals surface area contributed by atoms with Crippen molar-refractivity contribution in [1.29, 1.82) is 0 Å². The Balaban J connectivity index is 1.55. The summed E-state index contributed by atoms with van der Waals surface area (Å²) in [5.41, 5.74) is 0.640. The lowest BCUT2D eigenvalue weighted by atomic mass is 10.0. The van der Waals surface area contributed by atoms with Gasteiger partial charge in [-0.3, -0.25) is 0 Å². The summed E-state index contributed by atoms with van der Waals surface area (Å²) in [7, 11) is 0. The van der Waals surface area contributed by atoms with Gasteiger partial charge in [0.25, 0.3) is 0 Å². The Hall–Kier alpha value is -3.02. The summed E-state index contributed by atoms with van der Waals surface area (Å²) in [4.78, 5) is 0. The van der Waals surface area contributed by atoms with Crippen LogP contribution in [0.1, 0.15) is 114 Å². The Morgan fingerprint density at radius 3 is 1.50 bits per heavy atom. The zero-order chi connectivity index (χ0) is 30.2. The molecule has 0 aliphatic rings. The third-order valence-corrected chi connectivity index (χ3v) is 7.56. The first-order chi connectivity index (χ1) is 20.3. The van der Waals surface area contributed by atoms with Crippen molar-refractivity contribution in [2.45, 2.75) is 116 Å². The Labute approximate surface area is 249 Å². The number of hydrogen-bond donors (Lipinski definition) is 0. The second-order valence-corrected chi connectivity index (χ2v) is 11.1. The summed E-state index contributed by atoms with van der Waals surface area (Å²) in [5.74, 6) is -3.30. The summed E-state index contributed by atoms with van der Waals surface area (Å²) in [5, 5.41) is 0. The van der Waals surface area contributed by atoms with Gasteiger partial charge in [-0.25, -0.2) is 8.78 Å². The fourth-order valence-corrected chi connectivity index (χ4v) is 5.05. The van der Waals surface area contributed by atoms with E-state index in [4.69, 9.17) is 9.47 Å². The standard InChI is InChI=1S/C36H46F4O2/c1-3-5-7-9-10-11-13-15-17-29-20-24-31(25-21-29)42-36(39,40)34-32(37)26-27-33(35(34)38)41-30-22-18-28(19-23-30)16-14-12-8-6-4-2/h18-27H,3-17H2,1-2H3. The third kappa shape index (κ3) is 11.0. The largest absolute Gasteiger partial charge is 0.454 e. The second kappa shape index (κ2) is 17.8. The van der Waals surface area contributed by atoms with Gasteiger partial charge in [-0.2, -0.15) is 8.78 Å². The predicted molar refractivity (Wildman–Crippen MR) is 163 cm³/mol. The number of aryl methyl sites for hydroxylation is 2. The van der Waals surface area contributed by atoms with E-state index in [2.05, 4.69) is 13.8 Å². The topological polar surface area (TPSA) is 18.5 Å². The maximum atomic E-state index is 15.2. The maximum Gasteiger partial charge on any atom is 0.432 e. The number of halogens is 4. The molecule has 0 fully saturated rings. The molecule has 3 rings (SSSR count). The lowest BCUT2D eigenvalue weighted by molar-refractivity contribution is -0.189. The molecule has 0 radical (unpaired) electrons. The van der Waals surface area contributed by atoms with E-state index >= 15 is 13.2 Å². The molecular weight excluding hydrogens is 540 g/mol. The molecule has 0 N–H and O–H groups in total. The van der Waals surface area contributed by atoms with Gasteiger partial charge in [0.05, 0.1) is 0 Å². The van der Waals surface area contributed by atoms with E-state index in [0.29, 0.717) is 0 Å². The number of unbranched alkanes of at least 4 members (excludes halogenated alkanes) is 11. The van der Waals surface area contributed by atoms with Crippen LogP contribution in [0.2, 0.25) is 0 Å². The highest BCUT2D eigenvalue weighted by molar-refractivity contribution is 5.39. The number of alkyl halides is 2. The van der Waals surface area contributed by atoms with Crippen molar-refractivity contribution in [1.82, 2.24) is 0 Å². The van der Waals surface area contributed by atoms with Gasteiger partial charge >= 0.3 is 6.11 Å². The molecule has 0 amide bonds. The van der Waals surface area contributed by atoms with Crippen LogP contribution in [-0.2, 0) is 19.0 Å². The second-order valence-electron chi connectivity index (χ2n) is 11.1. The average molecular weight is 587 g/mol. The molecule has 0 aromatic heterocycles. The molecule has 0 spiro atoms. The van der Waals surface area contributed by atoms with Crippen molar-refractivity contribution in [3.63, 3.8) is 0 Å². The Morgan fingerprint density at radius 1 is 0.548 bits per heavy atom. The van der Waals surface area contributed by atoms with E-state index in [1.54, 1.807) is 24.3 Å². The highest BCUT2D eigenvalue weighted by atomic mass is 19.3. The molecule has 0 saturated heterocycles. The van der Waals surface area contributed by atoms with Crippen LogP contribution < -0.4 is 9.47 Å². The van der Waals surface area contributed by atoms with Crippen LogP contribution in [0.3, 0.4) is 0 Å². The molecule has 3 aromatic rings. The maximum absolute atomic E-state index is 15.2. The Morgan fingerprint density at radius 2 is 1.00 bits per heavy atom. The fraction of sp³-hybridized carbons (Fsp3) is 0.500. The molecule has 42 heavy (non-hydrogen) atoms. The van der Waals surface area contributed by atoms with Crippen LogP contribution >= 0.6 is 0 Å². The van der Waals surface area contributed by atoms with Gasteiger partial charge in [0.2, 0.25) is 0 Å². The number of benzene rings is 3. The highest BCUT2D eigenvalue weighted by Crippen LogP contribution is 2.39. The minimum absolute atomic E-state index is 0.171. The average Bonchev–Trinajstić information content (AvgIpc) is 2.97. The highest BCUT2D eigenvalue weighted by Gasteiger charge is 2.42. The number of rotatable bonds is 20. The van der Waals surface area contributed by atoms with Crippen LogP contribution in [0.25, 0.3) is 0 Å². The number of ether oxygens (including phenoxy) is 2. The van der Waals surface area contributed by atoms with Gasteiger partial charge in [0.1, 0.15) is 22.9 Å². The zero-order valence-electron chi connectivity index (χ0n) is 25.2. The van der Waals surface area contributed by atoms with Crippen LogP contribution in [-0.4, -0.2) is 0 Å². The van der Waals surface area contributed by atoms with E-state index in [9.17, 15) is 4.39 Å². The molecule has 230 valence electrons. The lowest BCUT2D eigenvalue weighted by Crippen LogP contribution is -2.25. The molecule has 2 nitrogen and oxygen atoms in total. The van der Waals surface area contributed by atoms with Crippen LogP contribution in [0.4, 0.5) is 17.6 Å². The summed E-state index contributed by atoms with van der Waals surface area (Å²) in [6, 6.07) is 15.1. The van der Waals surface area contributed by atoms with E-state index < -0.39 is 29.1 Å². The molecule has 3 aromatic carbocycles. The molecule has 0 unspecified atom stereocenters. The normalized spacial score (nSPS) is 11.6. The summed E-state index contributed by atoms with van der Waals surface area (Å²) >= 11 is 0. The Bertz CT molecular complexity index is 1180. The van der Waals surface area contributed by atoms with Gasteiger partial charge < -0.3 is 9.47 Å². The predicted octanol–water partition coefficient (Wildman–Crippen LogP) is 12.1. The van der Waals surface area contributed by atoms with Crippen LogP contribution in [0.5, 0.6) is 17.2 Å². The zero-order valence-corrected chi connectivity index (χ0v) is 25.2. The molecule has 0 bridgehead atoms. The molecule has 0 saturated carbocycles. The molecule has 0 aliphatic heterocycles. The SMILES string of the molecule is CCCCCCCCCCc1ccc(OC(F)(F)c2c(F)ccc(Oc3ccc(CCCCCCC)cc3)c2F)cc1. The van der Waals surface area contributed by atoms with Gasteiger partial charge in [0.15, 0.2) is 11.6 Å². The molecule has 6 heteroatoms. The fourth-order valence-electron chi connectivity index (χ4n) is 5.05. The quantitative estimate of drug-likeness (QED) is 0.0968. The van der Waals surface area contributed by atoms with Crippen molar-refractivity contribution in [2.75, 3.05) is 0 Å². The summed E-state index contributed by atoms with van der Waals surface area (Å²) in [6.07, 6.45) is 13.1. The number of hydrogen-bond acceptors (Lipinski definition) is 2. The molecule has 0 heterocycles.